The second kappa shape index (κ2) is 5.17. The number of nitrogen functional groups attached to an aromatic ring is 1. The highest BCUT2D eigenvalue weighted by molar-refractivity contribution is 7.99. The molecule has 1 unspecified atom stereocenters. The molecule has 0 radical (unpaired) electrons. The Labute approximate surface area is 120 Å². The number of halogens is 1. The molecule has 2 aromatic rings. The number of hydrogen-bond donors (Lipinski definition) is 2. The van der Waals surface area contributed by atoms with Crippen molar-refractivity contribution in [3.63, 3.8) is 0 Å². The van der Waals surface area contributed by atoms with Crippen molar-refractivity contribution in [2.24, 2.45) is 0 Å². The summed E-state index contributed by atoms with van der Waals surface area (Å²) in [4.78, 5) is 13.5. The van der Waals surface area contributed by atoms with Crippen molar-refractivity contribution in [2.75, 3.05) is 16.8 Å². The molecule has 0 fully saturated rings. The Morgan fingerprint density at radius 2 is 2.10 bits per heavy atom. The normalized spacial score (nSPS) is 16.8. The molecule has 2 aromatic carbocycles. The Kier molecular flexibility index (Phi) is 3.36. The molecule has 3 nitrogen and oxygen atoms in total. The predicted octanol–water partition coefficient (Wildman–Crippen LogP) is 3.24. The number of carbonyl (C=O) groups excluding carboxylic acids is 1. The second-order valence-electron chi connectivity index (χ2n) is 4.63. The molecule has 1 atom stereocenters. The molecule has 0 spiro atoms. The third kappa shape index (κ3) is 2.36. The van der Waals surface area contributed by atoms with Gasteiger partial charge in [-0.15, -0.1) is 11.8 Å². The van der Waals surface area contributed by atoms with Crippen LogP contribution in [-0.2, 0) is 4.79 Å². The summed E-state index contributed by atoms with van der Waals surface area (Å²) in [6.07, 6.45) is 0. The fraction of sp³-hybridized carbons (Fsp3) is 0.133. The molecule has 102 valence electrons. The Morgan fingerprint density at radius 3 is 2.90 bits per heavy atom. The molecule has 0 saturated heterocycles. The highest BCUT2D eigenvalue weighted by atomic mass is 32.2. The summed E-state index contributed by atoms with van der Waals surface area (Å²) in [5, 5.41) is 2.79. The number of hydrogen-bond acceptors (Lipinski definition) is 3. The zero-order valence-electron chi connectivity index (χ0n) is 10.6. The van der Waals surface area contributed by atoms with E-state index < -0.39 is 5.82 Å². The molecule has 0 saturated carbocycles. The van der Waals surface area contributed by atoms with Crippen molar-refractivity contribution in [1.82, 2.24) is 0 Å². The average molecular weight is 288 g/mol. The van der Waals surface area contributed by atoms with E-state index in [0.717, 1.165) is 16.2 Å². The fourth-order valence-corrected chi connectivity index (χ4v) is 3.46. The number of thioether (sulfide) groups is 1. The van der Waals surface area contributed by atoms with Crippen molar-refractivity contribution in [2.45, 2.75) is 10.8 Å². The maximum atomic E-state index is 13.1. The minimum Gasteiger partial charge on any atom is -0.396 e. The number of rotatable bonds is 2. The SMILES string of the molecule is Nc1cc(NC(=O)C2CSc3ccccc32)ccc1F. The van der Waals surface area contributed by atoms with Crippen LogP contribution in [0.1, 0.15) is 11.5 Å². The van der Waals surface area contributed by atoms with E-state index in [0.29, 0.717) is 5.69 Å². The van der Waals surface area contributed by atoms with E-state index in [4.69, 9.17) is 5.73 Å². The van der Waals surface area contributed by atoms with Crippen LogP contribution in [0.3, 0.4) is 0 Å². The van der Waals surface area contributed by atoms with Crippen LogP contribution in [0.2, 0.25) is 0 Å². The van der Waals surface area contributed by atoms with Crippen LogP contribution in [0, 0.1) is 5.82 Å². The van der Waals surface area contributed by atoms with Gasteiger partial charge in [-0.2, -0.15) is 0 Å². The largest absolute Gasteiger partial charge is 0.396 e. The average Bonchev–Trinajstić information content (AvgIpc) is 2.87. The molecule has 0 aromatic heterocycles. The van der Waals surface area contributed by atoms with E-state index in [1.807, 2.05) is 24.3 Å². The summed E-state index contributed by atoms with van der Waals surface area (Å²) in [6.45, 7) is 0. The summed E-state index contributed by atoms with van der Waals surface area (Å²) in [7, 11) is 0. The van der Waals surface area contributed by atoms with Crippen molar-refractivity contribution in [3.8, 4) is 0 Å². The molecular formula is C15H13FN2OS. The first-order valence-electron chi connectivity index (χ1n) is 6.23. The van der Waals surface area contributed by atoms with Gasteiger partial charge in [-0.25, -0.2) is 4.39 Å². The highest BCUT2D eigenvalue weighted by Gasteiger charge is 2.28. The molecule has 20 heavy (non-hydrogen) atoms. The molecular weight excluding hydrogens is 275 g/mol. The van der Waals surface area contributed by atoms with Crippen molar-refractivity contribution in [3.05, 3.63) is 53.8 Å². The maximum absolute atomic E-state index is 13.1. The predicted molar refractivity (Wildman–Crippen MR) is 79.3 cm³/mol. The number of carbonyl (C=O) groups is 1. The minimum atomic E-state index is -0.482. The number of amides is 1. The number of anilines is 2. The van der Waals surface area contributed by atoms with Crippen LogP contribution in [0.5, 0.6) is 0 Å². The van der Waals surface area contributed by atoms with Crippen molar-refractivity contribution >= 4 is 29.0 Å². The van der Waals surface area contributed by atoms with Crippen LogP contribution in [0.4, 0.5) is 15.8 Å². The summed E-state index contributed by atoms with van der Waals surface area (Å²) in [6, 6.07) is 12.1. The van der Waals surface area contributed by atoms with E-state index in [1.165, 1.54) is 18.2 Å². The molecule has 0 aliphatic carbocycles. The van der Waals surface area contributed by atoms with E-state index in [-0.39, 0.29) is 17.5 Å². The fourth-order valence-electron chi connectivity index (χ4n) is 2.23. The minimum absolute atomic E-state index is 0.0315. The maximum Gasteiger partial charge on any atom is 0.232 e. The Balaban J connectivity index is 1.79. The lowest BCUT2D eigenvalue weighted by Gasteiger charge is -2.12. The zero-order chi connectivity index (χ0) is 14.1. The lowest BCUT2D eigenvalue weighted by molar-refractivity contribution is -0.117. The molecule has 0 bridgehead atoms. The van der Waals surface area contributed by atoms with Gasteiger partial charge in [0.15, 0.2) is 0 Å². The molecule has 1 aliphatic rings. The molecule has 3 N–H and O–H groups in total. The van der Waals surface area contributed by atoms with Gasteiger partial charge in [0.05, 0.1) is 11.6 Å². The van der Waals surface area contributed by atoms with E-state index in [2.05, 4.69) is 5.32 Å². The molecule has 1 heterocycles. The van der Waals surface area contributed by atoms with Gasteiger partial charge in [0.25, 0.3) is 0 Å². The molecule has 5 heteroatoms. The van der Waals surface area contributed by atoms with Crippen LogP contribution < -0.4 is 11.1 Å². The Hall–Kier alpha value is -2.01. The van der Waals surface area contributed by atoms with Gasteiger partial charge in [-0.3, -0.25) is 4.79 Å². The lowest BCUT2D eigenvalue weighted by Crippen LogP contribution is -2.21. The first-order chi connectivity index (χ1) is 9.65. The quantitative estimate of drug-likeness (QED) is 0.834. The van der Waals surface area contributed by atoms with Crippen LogP contribution in [0.15, 0.2) is 47.4 Å². The summed E-state index contributed by atoms with van der Waals surface area (Å²) < 4.78 is 13.1. The number of fused-ring (bicyclic) bond motifs is 1. The summed E-state index contributed by atoms with van der Waals surface area (Å²) in [5.41, 5.74) is 7.09. The van der Waals surface area contributed by atoms with E-state index in [1.54, 1.807) is 11.8 Å². The van der Waals surface area contributed by atoms with Crippen LogP contribution in [-0.4, -0.2) is 11.7 Å². The molecule has 1 aliphatic heterocycles. The standard InChI is InChI=1S/C15H13FN2OS/c16-12-6-5-9(7-13(12)17)18-15(19)11-8-20-14-4-2-1-3-10(11)14/h1-7,11H,8,17H2,(H,18,19). The number of benzene rings is 2. The van der Waals surface area contributed by atoms with Gasteiger partial charge in [0, 0.05) is 16.3 Å². The van der Waals surface area contributed by atoms with Gasteiger partial charge in [-0.05, 0) is 29.8 Å². The van der Waals surface area contributed by atoms with E-state index in [9.17, 15) is 9.18 Å². The third-order valence-electron chi connectivity index (χ3n) is 3.28. The number of nitrogens with two attached hydrogens (primary N) is 1. The van der Waals surface area contributed by atoms with Gasteiger partial charge < -0.3 is 11.1 Å². The van der Waals surface area contributed by atoms with Gasteiger partial charge in [0.2, 0.25) is 5.91 Å². The van der Waals surface area contributed by atoms with Crippen molar-refractivity contribution in [1.29, 1.82) is 0 Å². The summed E-state index contributed by atoms with van der Waals surface area (Å²) >= 11 is 1.67. The first kappa shape index (κ1) is 13.0. The monoisotopic (exact) mass is 288 g/mol. The smallest absolute Gasteiger partial charge is 0.232 e. The molecule has 3 rings (SSSR count). The third-order valence-corrected chi connectivity index (χ3v) is 4.46. The van der Waals surface area contributed by atoms with Gasteiger partial charge in [-0.1, -0.05) is 18.2 Å². The first-order valence-corrected chi connectivity index (χ1v) is 7.21. The van der Waals surface area contributed by atoms with Crippen molar-refractivity contribution < 1.29 is 9.18 Å². The Bertz CT molecular complexity index is 675. The lowest BCUT2D eigenvalue weighted by atomic mass is 10.0. The molecule has 1 amide bonds. The van der Waals surface area contributed by atoms with Crippen LogP contribution in [0.25, 0.3) is 0 Å². The van der Waals surface area contributed by atoms with E-state index >= 15 is 0 Å². The summed E-state index contributed by atoms with van der Waals surface area (Å²) in [5.74, 6) is -0.0253. The van der Waals surface area contributed by atoms with Gasteiger partial charge in [0.1, 0.15) is 5.82 Å². The zero-order valence-corrected chi connectivity index (χ0v) is 11.4. The topological polar surface area (TPSA) is 55.1 Å². The second-order valence-corrected chi connectivity index (χ2v) is 5.69. The van der Waals surface area contributed by atoms with Gasteiger partial charge >= 0.3 is 0 Å². The Morgan fingerprint density at radius 1 is 1.30 bits per heavy atom. The number of nitrogens with one attached hydrogen (secondary N) is 1. The highest BCUT2D eigenvalue weighted by Crippen LogP contribution is 2.39. The van der Waals surface area contributed by atoms with Crippen LogP contribution >= 0.6 is 11.8 Å².